The second kappa shape index (κ2) is 4.37. The van der Waals surface area contributed by atoms with Crippen LogP contribution in [0.15, 0.2) is 42.5 Å². The Labute approximate surface area is 94.3 Å². The Morgan fingerprint density at radius 1 is 1.07 bits per heavy atom. The molecular weight excluding hydrogens is 208 g/mol. The van der Waals surface area contributed by atoms with E-state index in [9.17, 15) is 0 Å². The monoisotopic (exact) mass is 217 g/mol. The summed E-state index contributed by atoms with van der Waals surface area (Å²) >= 11 is 5.75. The van der Waals surface area contributed by atoms with Gasteiger partial charge in [0.2, 0.25) is 0 Å². The van der Waals surface area contributed by atoms with Gasteiger partial charge in [-0.2, -0.15) is 0 Å². The first-order chi connectivity index (χ1) is 7.24. The van der Waals surface area contributed by atoms with Crippen LogP contribution in [0.5, 0.6) is 11.5 Å². The van der Waals surface area contributed by atoms with Gasteiger partial charge in [-0.25, -0.2) is 0 Å². The second-order valence-electron chi connectivity index (χ2n) is 3.29. The summed E-state index contributed by atoms with van der Waals surface area (Å²) in [6.07, 6.45) is 0. The predicted octanol–water partition coefficient (Wildman–Crippen LogP) is 4.24. The SMILES string of the molecule is Cc1ccc(Oc2[c]cc(Cl)cc2)cc1. The molecule has 1 nitrogen and oxygen atoms in total. The normalized spacial score (nSPS) is 10.0. The number of halogens is 1. The Bertz CT molecular complexity index is 388. The van der Waals surface area contributed by atoms with Crippen LogP contribution in [0.25, 0.3) is 0 Å². The topological polar surface area (TPSA) is 9.23 Å². The summed E-state index contributed by atoms with van der Waals surface area (Å²) in [6.45, 7) is 2.04. The van der Waals surface area contributed by atoms with Crippen molar-refractivity contribution in [3.63, 3.8) is 0 Å². The smallest absolute Gasteiger partial charge is 0.135 e. The van der Waals surface area contributed by atoms with Crippen LogP contribution in [0.1, 0.15) is 5.56 Å². The van der Waals surface area contributed by atoms with Crippen molar-refractivity contribution < 1.29 is 4.74 Å². The molecule has 0 N–H and O–H groups in total. The van der Waals surface area contributed by atoms with E-state index in [2.05, 4.69) is 6.07 Å². The van der Waals surface area contributed by atoms with Crippen LogP contribution in [0, 0.1) is 13.0 Å². The minimum Gasteiger partial charge on any atom is -0.457 e. The van der Waals surface area contributed by atoms with Crippen molar-refractivity contribution in [2.24, 2.45) is 0 Å². The van der Waals surface area contributed by atoms with Gasteiger partial charge < -0.3 is 4.74 Å². The van der Waals surface area contributed by atoms with Crippen LogP contribution < -0.4 is 4.74 Å². The molecule has 0 spiro atoms. The first-order valence-electron chi connectivity index (χ1n) is 4.66. The van der Waals surface area contributed by atoms with Crippen LogP contribution in [0.2, 0.25) is 5.02 Å². The average molecular weight is 218 g/mol. The number of ether oxygens (including phenoxy) is 1. The fraction of sp³-hybridized carbons (Fsp3) is 0.0769. The zero-order chi connectivity index (χ0) is 10.7. The maximum atomic E-state index is 5.75. The molecule has 1 radical (unpaired) electrons. The van der Waals surface area contributed by atoms with Gasteiger partial charge in [-0.05, 0) is 37.3 Å². The molecule has 75 valence electrons. The lowest BCUT2D eigenvalue weighted by molar-refractivity contribution is 0.481. The number of aryl methyl sites for hydroxylation is 1. The van der Waals surface area contributed by atoms with Gasteiger partial charge in [0.1, 0.15) is 11.5 Å². The second-order valence-corrected chi connectivity index (χ2v) is 3.72. The van der Waals surface area contributed by atoms with Crippen LogP contribution in [-0.4, -0.2) is 0 Å². The van der Waals surface area contributed by atoms with Gasteiger partial charge in [-0.3, -0.25) is 0 Å². The molecule has 0 saturated heterocycles. The van der Waals surface area contributed by atoms with E-state index in [1.165, 1.54) is 5.56 Å². The summed E-state index contributed by atoms with van der Waals surface area (Å²) in [4.78, 5) is 0. The van der Waals surface area contributed by atoms with E-state index in [-0.39, 0.29) is 0 Å². The standard InChI is InChI=1S/C13H10ClO/c1-10-2-6-12(7-3-10)15-13-8-4-11(14)5-9-13/h2-8H,1H3. The minimum atomic E-state index is 0.659. The van der Waals surface area contributed by atoms with Gasteiger partial charge in [0.15, 0.2) is 0 Å². The predicted molar refractivity (Wildman–Crippen MR) is 61.5 cm³/mol. The number of hydrogen-bond donors (Lipinski definition) is 0. The molecule has 0 aliphatic carbocycles. The van der Waals surface area contributed by atoms with E-state index in [1.54, 1.807) is 18.2 Å². The van der Waals surface area contributed by atoms with Crippen molar-refractivity contribution in [2.45, 2.75) is 6.92 Å². The molecule has 2 aromatic carbocycles. The molecule has 0 aliphatic heterocycles. The average Bonchev–Trinajstić information content (AvgIpc) is 2.25. The molecule has 0 saturated carbocycles. The lowest BCUT2D eigenvalue weighted by Crippen LogP contribution is -1.83. The third-order valence-corrected chi connectivity index (χ3v) is 2.23. The zero-order valence-corrected chi connectivity index (χ0v) is 9.08. The zero-order valence-electron chi connectivity index (χ0n) is 8.33. The van der Waals surface area contributed by atoms with Gasteiger partial charge in [0, 0.05) is 11.1 Å². The molecule has 0 fully saturated rings. The van der Waals surface area contributed by atoms with E-state index in [0.717, 1.165) is 5.75 Å². The fourth-order valence-electron chi connectivity index (χ4n) is 1.19. The molecule has 2 rings (SSSR count). The van der Waals surface area contributed by atoms with Crippen molar-refractivity contribution in [1.82, 2.24) is 0 Å². The van der Waals surface area contributed by atoms with Gasteiger partial charge in [0.25, 0.3) is 0 Å². The Hall–Kier alpha value is -1.47. The van der Waals surface area contributed by atoms with Crippen LogP contribution in [0.4, 0.5) is 0 Å². The summed E-state index contributed by atoms with van der Waals surface area (Å²) in [5, 5.41) is 0.659. The molecule has 15 heavy (non-hydrogen) atoms. The Morgan fingerprint density at radius 3 is 2.40 bits per heavy atom. The van der Waals surface area contributed by atoms with Crippen LogP contribution in [-0.2, 0) is 0 Å². The highest BCUT2D eigenvalue weighted by molar-refractivity contribution is 6.30. The van der Waals surface area contributed by atoms with Crippen molar-refractivity contribution in [2.75, 3.05) is 0 Å². The van der Waals surface area contributed by atoms with Crippen LogP contribution >= 0.6 is 11.6 Å². The number of hydrogen-bond acceptors (Lipinski definition) is 1. The van der Waals surface area contributed by atoms with Gasteiger partial charge >= 0.3 is 0 Å². The third-order valence-electron chi connectivity index (χ3n) is 2.00. The highest BCUT2D eigenvalue weighted by Crippen LogP contribution is 2.22. The maximum Gasteiger partial charge on any atom is 0.135 e. The van der Waals surface area contributed by atoms with Crippen LogP contribution in [0.3, 0.4) is 0 Å². The molecule has 0 bridgehead atoms. The highest BCUT2D eigenvalue weighted by atomic mass is 35.5. The van der Waals surface area contributed by atoms with E-state index in [0.29, 0.717) is 10.8 Å². The third kappa shape index (κ3) is 2.74. The molecule has 0 heterocycles. The first kappa shape index (κ1) is 10.1. The summed E-state index contributed by atoms with van der Waals surface area (Å²) in [7, 11) is 0. The lowest BCUT2D eigenvalue weighted by Gasteiger charge is -2.05. The van der Waals surface area contributed by atoms with Crippen molar-refractivity contribution in [3.05, 3.63) is 59.1 Å². The van der Waals surface area contributed by atoms with Crippen molar-refractivity contribution in [1.29, 1.82) is 0 Å². The van der Waals surface area contributed by atoms with E-state index < -0.39 is 0 Å². The van der Waals surface area contributed by atoms with E-state index >= 15 is 0 Å². The van der Waals surface area contributed by atoms with Gasteiger partial charge in [-0.15, -0.1) is 0 Å². The fourth-order valence-corrected chi connectivity index (χ4v) is 1.31. The summed E-state index contributed by atoms with van der Waals surface area (Å²) < 4.78 is 5.57. The Morgan fingerprint density at radius 2 is 1.80 bits per heavy atom. The largest absolute Gasteiger partial charge is 0.457 e. The minimum absolute atomic E-state index is 0.659. The number of benzene rings is 2. The van der Waals surface area contributed by atoms with Crippen molar-refractivity contribution >= 4 is 11.6 Å². The molecule has 2 heteroatoms. The summed E-state index contributed by atoms with van der Waals surface area (Å²) in [5.41, 5.74) is 1.21. The number of rotatable bonds is 2. The molecular formula is C13H10ClO. The molecule has 2 aromatic rings. The van der Waals surface area contributed by atoms with E-state index in [1.807, 2.05) is 31.2 Å². The molecule has 0 unspecified atom stereocenters. The first-order valence-corrected chi connectivity index (χ1v) is 5.03. The summed E-state index contributed by atoms with van der Waals surface area (Å²) in [5.74, 6) is 1.47. The maximum absolute atomic E-state index is 5.75. The van der Waals surface area contributed by atoms with E-state index in [4.69, 9.17) is 16.3 Å². The molecule has 0 aromatic heterocycles. The van der Waals surface area contributed by atoms with Gasteiger partial charge in [-0.1, -0.05) is 29.3 Å². The Balaban J connectivity index is 2.15. The molecule has 0 aliphatic rings. The lowest BCUT2D eigenvalue weighted by atomic mass is 10.2. The van der Waals surface area contributed by atoms with Gasteiger partial charge in [0.05, 0.1) is 0 Å². The van der Waals surface area contributed by atoms with Crippen molar-refractivity contribution in [3.8, 4) is 11.5 Å². The quantitative estimate of drug-likeness (QED) is 0.731. The highest BCUT2D eigenvalue weighted by Gasteiger charge is 1.96. The molecule has 0 atom stereocenters. The molecule has 0 amide bonds. The summed E-state index contributed by atoms with van der Waals surface area (Å²) in [6, 6.07) is 16.1. The Kier molecular flexibility index (Phi) is 2.93.